The summed E-state index contributed by atoms with van der Waals surface area (Å²) in [6, 6.07) is 0. The second kappa shape index (κ2) is 4.06. The lowest BCUT2D eigenvalue weighted by atomic mass is 9.76. The number of ether oxygens (including phenoxy) is 1. The molecule has 3 rings (SSSR count). The van der Waals surface area contributed by atoms with Gasteiger partial charge >= 0.3 is 5.97 Å². The van der Waals surface area contributed by atoms with Crippen molar-refractivity contribution in [3.8, 4) is 0 Å². The molecule has 2 aliphatic carbocycles. The molecule has 0 aromatic carbocycles. The third kappa shape index (κ3) is 1.69. The highest BCUT2D eigenvalue weighted by Gasteiger charge is 2.60. The molecule has 0 aromatic rings. The molecule has 1 aliphatic heterocycles. The van der Waals surface area contributed by atoms with Crippen LogP contribution in [0.25, 0.3) is 0 Å². The molecule has 4 heteroatoms. The van der Waals surface area contributed by atoms with Gasteiger partial charge in [-0.1, -0.05) is 19.1 Å². The van der Waals surface area contributed by atoms with Crippen molar-refractivity contribution in [3.63, 3.8) is 0 Å². The van der Waals surface area contributed by atoms with Gasteiger partial charge in [0.25, 0.3) is 0 Å². The first-order valence-corrected chi connectivity index (χ1v) is 7.13. The minimum atomic E-state index is -1.40. The molecule has 1 heterocycles. The maximum atomic E-state index is 11.9. The fourth-order valence-corrected chi connectivity index (χ4v) is 4.34. The number of aliphatic hydroxyl groups excluding tert-OH is 1. The van der Waals surface area contributed by atoms with Crippen LogP contribution >= 0.6 is 0 Å². The second-order valence-corrected chi connectivity index (χ2v) is 6.67. The van der Waals surface area contributed by atoms with Gasteiger partial charge in [0.2, 0.25) is 0 Å². The van der Waals surface area contributed by atoms with E-state index < -0.39 is 11.6 Å². The van der Waals surface area contributed by atoms with E-state index in [0.717, 1.165) is 18.4 Å². The van der Waals surface area contributed by atoms with Crippen molar-refractivity contribution in [2.24, 2.45) is 23.7 Å². The summed E-state index contributed by atoms with van der Waals surface area (Å²) in [5.41, 5.74) is -0.262. The number of hydrogen-bond donors (Lipinski definition) is 2. The van der Waals surface area contributed by atoms with Crippen LogP contribution in [0.5, 0.6) is 0 Å². The minimum absolute atomic E-state index is 0.0778. The first-order valence-electron chi connectivity index (χ1n) is 7.13. The molecule has 1 saturated heterocycles. The van der Waals surface area contributed by atoms with Crippen LogP contribution in [0.2, 0.25) is 0 Å². The first-order chi connectivity index (χ1) is 8.84. The molecule has 0 bridgehead atoms. The molecular weight excluding hydrogens is 244 g/mol. The molecule has 4 nitrogen and oxygen atoms in total. The lowest BCUT2D eigenvalue weighted by molar-refractivity contribution is -0.155. The Kier molecular flexibility index (Phi) is 2.81. The van der Waals surface area contributed by atoms with Gasteiger partial charge < -0.3 is 14.9 Å². The largest absolute Gasteiger partial charge is 0.459 e. The van der Waals surface area contributed by atoms with E-state index in [9.17, 15) is 15.0 Å². The van der Waals surface area contributed by atoms with E-state index in [0.29, 0.717) is 6.42 Å². The Labute approximate surface area is 113 Å². The Balaban J connectivity index is 2.00. The van der Waals surface area contributed by atoms with E-state index in [1.807, 2.05) is 6.92 Å². The summed E-state index contributed by atoms with van der Waals surface area (Å²) in [6.45, 7) is 7.71. The predicted molar refractivity (Wildman–Crippen MR) is 69.1 cm³/mol. The summed E-state index contributed by atoms with van der Waals surface area (Å²) in [6.07, 6.45) is 1.59. The molecule has 3 aliphatic rings. The zero-order valence-corrected chi connectivity index (χ0v) is 11.5. The Morgan fingerprint density at radius 1 is 1.47 bits per heavy atom. The standard InChI is InChI=1S/C15H22O4/c1-7-4-5-10-13(19-14(17)15(10,3)18)12-8(2)11(16)6-9(7)12/h8-13,16,18H,1,4-6H2,2-3H3/t8-,9-,10+,11+,12-,13-,15+/m1/s1. The second-order valence-electron chi connectivity index (χ2n) is 6.67. The summed E-state index contributed by atoms with van der Waals surface area (Å²) in [4.78, 5) is 11.9. The zero-order valence-electron chi connectivity index (χ0n) is 11.5. The van der Waals surface area contributed by atoms with Crippen LogP contribution in [0.15, 0.2) is 12.2 Å². The molecule has 19 heavy (non-hydrogen) atoms. The molecule has 2 N–H and O–H groups in total. The van der Waals surface area contributed by atoms with Crippen LogP contribution in [-0.2, 0) is 9.53 Å². The van der Waals surface area contributed by atoms with Gasteiger partial charge in [0, 0.05) is 11.8 Å². The van der Waals surface area contributed by atoms with Crippen molar-refractivity contribution < 1.29 is 19.7 Å². The fraction of sp³-hybridized carbons (Fsp3) is 0.800. The Bertz CT molecular complexity index is 428. The lowest BCUT2D eigenvalue weighted by Gasteiger charge is -2.30. The third-order valence-electron chi connectivity index (χ3n) is 5.63. The molecule has 2 saturated carbocycles. The van der Waals surface area contributed by atoms with Gasteiger partial charge in [0.15, 0.2) is 5.60 Å². The molecule has 7 atom stereocenters. The van der Waals surface area contributed by atoms with Crippen LogP contribution in [0.3, 0.4) is 0 Å². The highest BCUT2D eigenvalue weighted by atomic mass is 16.6. The van der Waals surface area contributed by atoms with Gasteiger partial charge in [-0.15, -0.1) is 0 Å². The third-order valence-corrected chi connectivity index (χ3v) is 5.63. The van der Waals surface area contributed by atoms with Gasteiger partial charge in [-0.05, 0) is 38.0 Å². The minimum Gasteiger partial charge on any atom is -0.459 e. The average Bonchev–Trinajstić information content (AvgIpc) is 2.68. The number of fused-ring (bicyclic) bond motifs is 3. The number of allylic oxidation sites excluding steroid dienone is 1. The van der Waals surface area contributed by atoms with Crippen molar-refractivity contribution >= 4 is 5.97 Å². The van der Waals surface area contributed by atoms with Crippen molar-refractivity contribution in [2.75, 3.05) is 0 Å². The number of aliphatic hydroxyl groups is 2. The van der Waals surface area contributed by atoms with E-state index >= 15 is 0 Å². The highest BCUT2D eigenvalue weighted by molar-refractivity contribution is 5.81. The van der Waals surface area contributed by atoms with Gasteiger partial charge in [-0.2, -0.15) is 0 Å². The average molecular weight is 266 g/mol. The molecule has 106 valence electrons. The van der Waals surface area contributed by atoms with Gasteiger partial charge in [0.1, 0.15) is 6.10 Å². The van der Waals surface area contributed by atoms with Crippen molar-refractivity contribution in [1.29, 1.82) is 0 Å². The molecule has 0 spiro atoms. The van der Waals surface area contributed by atoms with Crippen molar-refractivity contribution in [3.05, 3.63) is 12.2 Å². The lowest BCUT2D eigenvalue weighted by Crippen LogP contribution is -2.40. The molecule has 0 unspecified atom stereocenters. The number of esters is 1. The van der Waals surface area contributed by atoms with E-state index in [2.05, 4.69) is 6.58 Å². The van der Waals surface area contributed by atoms with Gasteiger partial charge in [-0.25, -0.2) is 4.79 Å². The maximum absolute atomic E-state index is 11.9. The van der Waals surface area contributed by atoms with Crippen LogP contribution in [0.1, 0.15) is 33.1 Å². The SMILES string of the molecule is C=C1CC[C@H]2[C@@H](OC(=O)[C@@]2(C)O)[C@@H]2[C@H](C)[C@@H](O)C[C@H]12. The topological polar surface area (TPSA) is 66.8 Å². The zero-order chi connectivity index (χ0) is 13.9. The predicted octanol–water partition coefficient (Wildman–Crippen LogP) is 1.26. The number of rotatable bonds is 0. The van der Waals surface area contributed by atoms with Crippen LogP contribution in [0, 0.1) is 23.7 Å². The molecule has 0 radical (unpaired) electrons. The quantitative estimate of drug-likeness (QED) is 0.512. The number of hydrogen-bond acceptors (Lipinski definition) is 4. The van der Waals surface area contributed by atoms with Crippen LogP contribution < -0.4 is 0 Å². The highest BCUT2D eigenvalue weighted by Crippen LogP contribution is 2.53. The van der Waals surface area contributed by atoms with Gasteiger partial charge in [0.05, 0.1) is 6.10 Å². The Hall–Kier alpha value is -0.870. The van der Waals surface area contributed by atoms with E-state index in [4.69, 9.17) is 4.74 Å². The fourth-order valence-electron chi connectivity index (χ4n) is 4.34. The summed E-state index contributed by atoms with van der Waals surface area (Å²) < 4.78 is 5.50. The molecule has 0 aromatic heterocycles. The normalized spacial score (nSPS) is 53.5. The summed E-state index contributed by atoms with van der Waals surface area (Å²) in [7, 11) is 0. The molecular formula is C15H22O4. The Morgan fingerprint density at radius 3 is 2.84 bits per heavy atom. The summed E-state index contributed by atoms with van der Waals surface area (Å²) >= 11 is 0. The number of carbonyl (C=O) groups excluding carboxylic acids is 1. The maximum Gasteiger partial charge on any atom is 0.338 e. The number of carbonyl (C=O) groups is 1. The smallest absolute Gasteiger partial charge is 0.338 e. The van der Waals surface area contributed by atoms with Gasteiger partial charge in [-0.3, -0.25) is 0 Å². The van der Waals surface area contributed by atoms with Crippen LogP contribution in [0.4, 0.5) is 0 Å². The molecule has 0 amide bonds. The van der Waals surface area contributed by atoms with Crippen molar-refractivity contribution in [2.45, 2.75) is 50.9 Å². The van der Waals surface area contributed by atoms with E-state index in [1.54, 1.807) is 6.92 Å². The van der Waals surface area contributed by atoms with Crippen molar-refractivity contribution in [1.82, 2.24) is 0 Å². The summed E-state index contributed by atoms with van der Waals surface area (Å²) in [5.74, 6) is -0.314. The first kappa shape index (κ1) is 13.1. The molecule has 3 fully saturated rings. The van der Waals surface area contributed by atoms with Crippen LogP contribution in [-0.4, -0.2) is 34.0 Å². The monoisotopic (exact) mass is 266 g/mol. The van der Waals surface area contributed by atoms with E-state index in [-0.39, 0.29) is 35.9 Å². The Morgan fingerprint density at radius 2 is 2.16 bits per heavy atom. The summed E-state index contributed by atoms with van der Waals surface area (Å²) in [5, 5.41) is 20.5. The van der Waals surface area contributed by atoms with E-state index in [1.165, 1.54) is 0 Å².